The van der Waals surface area contributed by atoms with E-state index in [2.05, 4.69) is 0 Å². The van der Waals surface area contributed by atoms with Gasteiger partial charge < -0.3 is 19.7 Å². The largest absolute Gasteiger partial charge is 0.455 e. The minimum Gasteiger partial charge on any atom is -0.455 e. The van der Waals surface area contributed by atoms with Gasteiger partial charge in [0.25, 0.3) is 0 Å². The molecule has 2 N–H and O–H groups in total. The van der Waals surface area contributed by atoms with Crippen molar-refractivity contribution < 1.29 is 19.7 Å². The van der Waals surface area contributed by atoms with Crippen LogP contribution in [-0.4, -0.2) is 16.5 Å². The van der Waals surface area contributed by atoms with Crippen LogP contribution in [0.2, 0.25) is 0 Å². The molecule has 20 heavy (non-hydrogen) atoms. The van der Waals surface area contributed by atoms with Crippen molar-refractivity contribution in [2.45, 2.75) is 26.4 Å². The molecule has 2 aromatic rings. The first-order valence-electron chi connectivity index (χ1n) is 6.45. The molecular formula is C16H18O4. The van der Waals surface area contributed by atoms with Gasteiger partial charge in [0.1, 0.15) is 11.5 Å². The quantitative estimate of drug-likeness (QED) is 0.794. The molecule has 0 fully saturated rings. The zero-order valence-corrected chi connectivity index (χ0v) is 11.3. The van der Waals surface area contributed by atoms with Crippen LogP contribution >= 0.6 is 0 Å². The minimum atomic E-state index is -0.532. The molecule has 0 saturated carbocycles. The summed E-state index contributed by atoms with van der Waals surface area (Å²) in [5.41, 5.74) is 1.41. The summed E-state index contributed by atoms with van der Waals surface area (Å²) >= 11 is 0. The van der Waals surface area contributed by atoms with Gasteiger partial charge in [-0.15, -0.1) is 0 Å². The molecule has 0 aliphatic carbocycles. The second-order valence-corrected chi connectivity index (χ2v) is 4.34. The van der Waals surface area contributed by atoms with Gasteiger partial charge in [-0.05, 0) is 12.1 Å². The van der Waals surface area contributed by atoms with Crippen molar-refractivity contribution in [1.82, 2.24) is 0 Å². The van der Waals surface area contributed by atoms with Crippen LogP contribution in [-0.2, 0) is 13.2 Å². The first-order chi connectivity index (χ1) is 9.74. The van der Waals surface area contributed by atoms with E-state index in [9.17, 15) is 10.2 Å². The molecule has 0 aliphatic rings. The average molecular weight is 274 g/mol. The minimum absolute atomic E-state index is 0.0872. The Labute approximate surface area is 118 Å². The molecule has 0 amide bonds. The van der Waals surface area contributed by atoms with E-state index in [1.165, 1.54) is 0 Å². The van der Waals surface area contributed by atoms with Gasteiger partial charge in [-0.3, -0.25) is 0 Å². The standard InChI is InChI=1S/C16H18O4/c1-12(19-15-8-4-2-6-13(15)10-17)20-16-9-5-3-7-14(16)11-18/h2-9,12,17-18H,10-11H2,1H3. The van der Waals surface area contributed by atoms with Crippen LogP contribution < -0.4 is 9.47 Å². The number of para-hydroxylation sites is 2. The zero-order valence-electron chi connectivity index (χ0n) is 11.3. The van der Waals surface area contributed by atoms with E-state index in [1.807, 2.05) is 24.3 Å². The van der Waals surface area contributed by atoms with Crippen molar-refractivity contribution in [3.63, 3.8) is 0 Å². The van der Waals surface area contributed by atoms with Crippen LogP contribution in [0, 0.1) is 0 Å². The van der Waals surface area contributed by atoms with Crippen LogP contribution in [0.5, 0.6) is 11.5 Å². The summed E-state index contributed by atoms with van der Waals surface area (Å²) in [7, 11) is 0. The van der Waals surface area contributed by atoms with E-state index in [0.29, 0.717) is 22.6 Å². The van der Waals surface area contributed by atoms with E-state index in [4.69, 9.17) is 9.47 Å². The predicted octanol–water partition coefficient (Wildman–Crippen LogP) is 2.48. The summed E-state index contributed by atoms with van der Waals surface area (Å²) in [4.78, 5) is 0. The van der Waals surface area contributed by atoms with E-state index >= 15 is 0 Å². The first-order valence-corrected chi connectivity index (χ1v) is 6.45. The third-order valence-electron chi connectivity index (χ3n) is 2.87. The van der Waals surface area contributed by atoms with E-state index in [1.54, 1.807) is 31.2 Å². The lowest BCUT2D eigenvalue weighted by Crippen LogP contribution is -2.21. The smallest absolute Gasteiger partial charge is 0.238 e. The monoisotopic (exact) mass is 274 g/mol. The number of rotatable bonds is 6. The third-order valence-corrected chi connectivity index (χ3v) is 2.87. The summed E-state index contributed by atoms with van der Waals surface area (Å²) in [6, 6.07) is 14.5. The van der Waals surface area contributed by atoms with Crippen molar-refractivity contribution in [3.8, 4) is 11.5 Å². The molecule has 0 atom stereocenters. The molecule has 0 aliphatic heterocycles. The zero-order chi connectivity index (χ0) is 14.4. The Hall–Kier alpha value is -2.04. The number of hydrogen-bond donors (Lipinski definition) is 2. The number of aliphatic hydroxyl groups is 2. The maximum Gasteiger partial charge on any atom is 0.238 e. The summed E-state index contributed by atoms with van der Waals surface area (Å²) in [6.07, 6.45) is -0.532. The van der Waals surface area contributed by atoms with E-state index in [0.717, 1.165) is 0 Å². The lowest BCUT2D eigenvalue weighted by Gasteiger charge is -2.19. The number of aliphatic hydroxyl groups excluding tert-OH is 2. The molecule has 0 bridgehead atoms. The van der Waals surface area contributed by atoms with Crippen LogP contribution in [0.25, 0.3) is 0 Å². The van der Waals surface area contributed by atoms with Crippen molar-refractivity contribution >= 4 is 0 Å². The van der Waals surface area contributed by atoms with Gasteiger partial charge >= 0.3 is 0 Å². The Morgan fingerprint density at radius 2 is 1.20 bits per heavy atom. The molecule has 0 heterocycles. The Kier molecular flexibility index (Phi) is 4.98. The van der Waals surface area contributed by atoms with Crippen LogP contribution in [0.3, 0.4) is 0 Å². The molecule has 0 spiro atoms. The van der Waals surface area contributed by atoms with E-state index < -0.39 is 6.29 Å². The Bertz CT molecular complexity index is 504. The molecule has 0 unspecified atom stereocenters. The highest BCUT2D eigenvalue weighted by Gasteiger charge is 2.10. The highest BCUT2D eigenvalue weighted by molar-refractivity contribution is 5.34. The van der Waals surface area contributed by atoms with Crippen LogP contribution in [0.1, 0.15) is 18.1 Å². The molecule has 4 heteroatoms. The second-order valence-electron chi connectivity index (χ2n) is 4.34. The van der Waals surface area contributed by atoms with Gasteiger partial charge in [0.05, 0.1) is 13.2 Å². The molecule has 106 valence electrons. The molecule has 0 radical (unpaired) electrons. The predicted molar refractivity (Wildman–Crippen MR) is 75.4 cm³/mol. The van der Waals surface area contributed by atoms with Gasteiger partial charge in [0, 0.05) is 18.1 Å². The number of ether oxygens (including phenoxy) is 2. The molecule has 0 saturated heterocycles. The lowest BCUT2D eigenvalue weighted by atomic mass is 10.2. The van der Waals surface area contributed by atoms with Crippen molar-refractivity contribution in [2.75, 3.05) is 0 Å². The topological polar surface area (TPSA) is 58.9 Å². The summed E-state index contributed by atoms with van der Waals surface area (Å²) in [5.74, 6) is 1.17. The summed E-state index contributed by atoms with van der Waals surface area (Å²) < 4.78 is 11.4. The summed E-state index contributed by atoms with van der Waals surface area (Å²) in [6.45, 7) is 1.59. The SMILES string of the molecule is CC(Oc1ccccc1CO)Oc1ccccc1CO. The maximum absolute atomic E-state index is 9.25. The third kappa shape index (κ3) is 3.50. The average Bonchev–Trinajstić information content (AvgIpc) is 2.48. The van der Waals surface area contributed by atoms with Crippen LogP contribution in [0.4, 0.5) is 0 Å². The first kappa shape index (κ1) is 14.4. The normalized spacial score (nSPS) is 10.6. The van der Waals surface area contributed by atoms with Crippen molar-refractivity contribution in [1.29, 1.82) is 0 Å². The van der Waals surface area contributed by atoms with Crippen molar-refractivity contribution in [3.05, 3.63) is 59.7 Å². The molecule has 2 aromatic carbocycles. The van der Waals surface area contributed by atoms with Gasteiger partial charge in [0.2, 0.25) is 6.29 Å². The fourth-order valence-electron chi connectivity index (χ4n) is 1.88. The second kappa shape index (κ2) is 6.93. The van der Waals surface area contributed by atoms with Gasteiger partial charge in [-0.2, -0.15) is 0 Å². The lowest BCUT2D eigenvalue weighted by molar-refractivity contribution is 0.0191. The fraction of sp³-hybridized carbons (Fsp3) is 0.250. The maximum atomic E-state index is 9.25. The Balaban J connectivity index is 2.07. The van der Waals surface area contributed by atoms with Gasteiger partial charge in [-0.25, -0.2) is 0 Å². The Morgan fingerprint density at radius 3 is 1.60 bits per heavy atom. The highest BCUT2D eigenvalue weighted by Crippen LogP contribution is 2.23. The van der Waals surface area contributed by atoms with Crippen LogP contribution in [0.15, 0.2) is 48.5 Å². The number of hydrogen-bond acceptors (Lipinski definition) is 4. The summed E-state index contributed by atoms with van der Waals surface area (Å²) in [5, 5.41) is 18.5. The van der Waals surface area contributed by atoms with Crippen molar-refractivity contribution in [2.24, 2.45) is 0 Å². The van der Waals surface area contributed by atoms with Gasteiger partial charge in [-0.1, -0.05) is 36.4 Å². The number of benzene rings is 2. The molecular weight excluding hydrogens is 256 g/mol. The van der Waals surface area contributed by atoms with E-state index in [-0.39, 0.29) is 13.2 Å². The molecule has 2 rings (SSSR count). The molecule has 0 aromatic heterocycles. The fourth-order valence-corrected chi connectivity index (χ4v) is 1.88. The van der Waals surface area contributed by atoms with Gasteiger partial charge in [0.15, 0.2) is 0 Å². The highest BCUT2D eigenvalue weighted by atomic mass is 16.7. The Morgan fingerprint density at radius 1 is 0.800 bits per heavy atom. The molecule has 4 nitrogen and oxygen atoms in total.